The Hall–Kier alpha value is -1.29. The summed E-state index contributed by atoms with van der Waals surface area (Å²) in [7, 11) is 1.71. The largest absolute Gasteiger partial charge is 0.497 e. The molecule has 1 aliphatic rings. The van der Waals surface area contributed by atoms with Crippen LogP contribution in [0.15, 0.2) is 30.5 Å². The third-order valence-corrected chi connectivity index (χ3v) is 4.83. The summed E-state index contributed by atoms with van der Waals surface area (Å²) >= 11 is 3.54. The molecule has 1 aromatic carbocycles. The smallest absolute Gasteiger partial charge is 0.136 e. The minimum absolute atomic E-state index is 0.628. The van der Waals surface area contributed by atoms with Crippen molar-refractivity contribution in [3.8, 4) is 5.75 Å². The SMILES string of the molecule is COc1ccc2c(N3CCCC3CCCBr)nccc2c1. The van der Waals surface area contributed by atoms with Gasteiger partial charge in [-0.05, 0) is 55.3 Å². The summed E-state index contributed by atoms with van der Waals surface area (Å²) in [5, 5.41) is 3.51. The second-order valence-corrected chi connectivity index (χ2v) is 6.34. The van der Waals surface area contributed by atoms with Gasteiger partial charge >= 0.3 is 0 Å². The van der Waals surface area contributed by atoms with Crippen molar-refractivity contribution in [2.75, 3.05) is 23.9 Å². The van der Waals surface area contributed by atoms with Gasteiger partial charge in [0.1, 0.15) is 11.6 Å². The molecule has 1 saturated heterocycles. The molecule has 4 heteroatoms. The van der Waals surface area contributed by atoms with Crippen LogP contribution in [0.25, 0.3) is 10.8 Å². The molecular formula is C17H21BrN2O. The third kappa shape index (κ3) is 3.00. The molecule has 0 bridgehead atoms. The van der Waals surface area contributed by atoms with Crippen molar-refractivity contribution < 1.29 is 4.74 Å². The average Bonchev–Trinajstić information content (AvgIpc) is 3.00. The van der Waals surface area contributed by atoms with E-state index in [2.05, 4.69) is 44.0 Å². The lowest BCUT2D eigenvalue weighted by molar-refractivity contribution is 0.415. The van der Waals surface area contributed by atoms with Crippen LogP contribution in [0.5, 0.6) is 5.75 Å². The lowest BCUT2D eigenvalue weighted by Crippen LogP contribution is -2.30. The van der Waals surface area contributed by atoms with Crippen LogP contribution < -0.4 is 9.64 Å². The van der Waals surface area contributed by atoms with Crippen molar-refractivity contribution in [1.29, 1.82) is 0 Å². The Labute approximate surface area is 134 Å². The molecule has 0 aliphatic carbocycles. The van der Waals surface area contributed by atoms with E-state index in [1.807, 2.05) is 12.3 Å². The monoisotopic (exact) mass is 348 g/mol. The van der Waals surface area contributed by atoms with Gasteiger partial charge < -0.3 is 9.64 Å². The van der Waals surface area contributed by atoms with E-state index in [9.17, 15) is 0 Å². The topological polar surface area (TPSA) is 25.4 Å². The quantitative estimate of drug-likeness (QED) is 0.749. The minimum Gasteiger partial charge on any atom is -0.497 e. The first-order valence-corrected chi connectivity index (χ1v) is 8.71. The van der Waals surface area contributed by atoms with Crippen molar-refractivity contribution in [1.82, 2.24) is 4.98 Å². The Bertz CT molecular complexity index is 617. The van der Waals surface area contributed by atoms with Crippen LogP contribution in [-0.2, 0) is 0 Å². The van der Waals surface area contributed by atoms with Crippen LogP contribution in [0.4, 0.5) is 5.82 Å². The number of halogens is 1. The first-order valence-electron chi connectivity index (χ1n) is 7.59. The zero-order valence-electron chi connectivity index (χ0n) is 12.4. The molecule has 0 spiro atoms. The highest BCUT2D eigenvalue weighted by Crippen LogP contribution is 2.33. The summed E-state index contributed by atoms with van der Waals surface area (Å²) in [6, 6.07) is 8.94. The molecule has 2 aromatic rings. The van der Waals surface area contributed by atoms with Gasteiger partial charge in [-0.3, -0.25) is 0 Å². The number of rotatable bonds is 5. The molecule has 3 rings (SSSR count). The molecule has 1 atom stereocenters. The van der Waals surface area contributed by atoms with Crippen molar-refractivity contribution >= 4 is 32.5 Å². The minimum atomic E-state index is 0.628. The zero-order chi connectivity index (χ0) is 14.7. The highest BCUT2D eigenvalue weighted by atomic mass is 79.9. The number of anilines is 1. The van der Waals surface area contributed by atoms with Gasteiger partial charge in [-0.2, -0.15) is 0 Å². The zero-order valence-corrected chi connectivity index (χ0v) is 14.0. The molecule has 0 amide bonds. The number of ether oxygens (including phenoxy) is 1. The van der Waals surface area contributed by atoms with Gasteiger partial charge in [0, 0.05) is 29.5 Å². The summed E-state index contributed by atoms with van der Waals surface area (Å²) in [5.74, 6) is 2.03. The Kier molecular flexibility index (Phi) is 4.63. The maximum Gasteiger partial charge on any atom is 0.136 e. The van der Waals surface area contributed by atoms with Crippen LogP contribution in [-0.4, -0.2) is 30.0 Å². The number of nitrogens with zero attached hydrogens (tertiary/aromatic N) is 2. The molecule has 0 saturated carbocycles. The second kappa shape index (κ2) is 6.65. The van der Waals surface area contributed by atoms with E-state index in [4.69, 9.17) is 4.74 Å². The standard InChI is InChI=1S/C17H21BrN2O/c1-21-15-6-7-16-13(12-15)8-10-19-17(16)20-11-3-5-14(20)4-2-9-18/h6-8,10,12,14H,2-5,9,11H2,1H3. The van der Waals surface area contributed by atoms with Crippen LogP contribution in [0, 0.1) is 0 Å². The maximum atomic E-state index is 5.32. The Balaban J connectivity index is 1.95. The summed E-state index contributed by atoms with van der Waals surface area (Å²) in [6.07, 6.45) is 6.92. The van der Waals surface area contributed by atoms with E-state index in [0.29, 0.717) is 6.04 Å². The molecule has 1 aliphatic heterocycles. The predicted molar refractivity (Wildman–Crippen MR) is 91.7 cm³/mol. The Morgan fingerprint density at radius 2 is 2.29 bits per heavy atom. The number of pyridine rings is 1. The predicted octanol–water partition coefficient (Wildman–Crippen LogP) is 4.39. The summed E-state index contributed by atoms with van der Waals surface area (Å²) < 4.78 is 5.32. The Morgan fingerprint density at radius 3 is 3.10 bits per heavy atom. The van der Waals surface area contributed by atoms with Gasteiger partial charge in [0.05, 0.1) is 7.11 Å². The van der Waals surface area contributed by atoms with Gasteiger partial charge in [-0.15, -0.1) is 0 Å². The van der Waals surface area contributed by atoms with E-state index in [-0.39, 0.29) is 0 Å². The van der Waals surface area contributed by atoms with Crippen molar-refractivity contribution in [2.24, 2.45) is 0 Å². The molecule has 21 heavy (non-hydrogen) atoms. The van der Waals surface area contributed by atoms with Crippen LogP contribution in [0.1, 0.15) is 25.7 Å². The molecular weight excluding hydrogens is 328 g/mol. The van der Waals surface area contributed by atoms with Gasteiger partial charge in [0.25, 0.3) is 0 Å². The van der Waals surface area contributed by atoms with E-state index in [1.54, 1.807) is 7.11 Å². The van der Waals surface area contributed by atoms with Crippen LogP contribution >= 0.6 is 15.9 Å². The fraction of sp³-hybridized carbons (Fsp3) is 0.471. The first-order chi connectivity index (χ1) is 10.3. The fourth-order valence-corrected chi connectivity index (χ4v) is 3.55. The van der Waals surface area contributed by atoms with Gasteiger partial charge in [-0.1, -0.05) is 15.9 Å². The molecule has 1 unspecified atom stereocenters. The number of alkyl halides is 1. The fourth-order valence-electron chi connectivity index (χ4n) is 3.22. The van der Waals surface area contributed by atoms with Crippen LogP contribution in [0.3, 0.4) is 0 Å². The average molecular weight is 349 g/mol. The number of aromatic nitrogens is 1. The molecule has 112 valence electrons. The summed E-state index contributed by atoms with van der Waals surface area (Å²) in [5.41, 5.74) is 0. The molecule has 2 heterocycles. The second-order valence-electron chi connectivity index (χ2n) is 5.54. The lowest BCUT2D eigenvalue weighted by Gasteiger charge is -2.26. The molecule has 1 aromatic heterocycles. The number of fused-ring (bicyclic) bond motifs is 1. The van der Waals surface area contributed by atoms with E-state index < -0.39 is 0 Å². The normalized spacial score (nSPS) is 18.4. The summed E-state index contributed by atoms with van der Waals surface area (Å²) in [6.45, 7) is 1.12. The molecule has 0 radical (unpaired) electrons. The molecule has 1 fully saturated rings. The van der Waals surface area contributed by atoms with E-state index >= 15 is 0 Å². The van der Waals surface area contributed by atoms with Crippen molar-refractivity contribution in [3.05, 3.63) is 30.5 Å². The lowest BCUT2D eigenvalue weighted by atomic mass is 10.1. The van der Waals surface area contributed by atoms with Gasteiger partial charge in [0.2, 0.25) is 0 Å². The van der Waals surface area contributed by atoms with Crippen LogP contribution in [0.2, 0.25) is 0 Å². The number of hydrogen-bond donors (Lipinski definition) is 0. The molecule has 0 N–H and O–H groups in total. The number of hydrogen-bond acceptors (Lipinski definition) is 3. The molecule has 3 nitrogen and oxygen atoms in total. The van der Waals surface area contributed by atoms with Gasteiger partial charge in [-0.25, -0.2) is 4.98 Å². The van der Waals surface area contributed by atoms with E-state index in [0.717, 1.165) is 23.4 Å². The number of benzene rings is 1. The highest BCUT2D eigenvalue weighted by molar-refractivity contribution is 9.09. The van der Waals surface area contributed by atoms with Crippen molar-refractivity contribution in [2.45, 2.75) is 31.7 Å². The Morgan fingerprint density at radius 1 is 1.38 bits per heavy atom. The highest BCUT2D eigenvalue weighted by Gasteiger charge is 2.26. The summed E-state index contributed by atoms with van der Waals surface area (Å²) in [4.78, 5) is 7.17. The van der Waals surface area contributed by atoms with E-state index in [1.165, 1.54) is 36.5 Å². The maximum absolute atomic E-state index is 5.32. The first kappa shape index (κ1) is 14.6. The third-order valence-electron chi connectivity index (χ3n) is 4.27. The van der Waals surface area contributed by atoms with Crippen molar-refractivity contribution in [3.63, 3.8) is 0 Å². The van der Waals surface area contributed by atoms with Gasteiger partial charge in [0.15, 0.2) is 0 Å². The number of methoxy groups -OCH3 is 1.